The fourth-order valence-electron chi connectivity index (χ4n) is 1.29. The molecular weight excluding hydrogens is 198 g/mol. The average Bonchev–Trinajstić information content (AvgIpc) is 2.53. The first kappa shape index (κ1) is 9.50. The average molecular weight is 207 g/mol. The number of rotatable bonds is 2. The number of hydrogen-bond donors (Lipinski definition) is 0. The van der Waals surface area contributed by atoms with Crippen molar-refractivity contribution in [2.75, 3.05) is 0 Å². The molecule has 0 saturated heterocycles. The van der Waals surface area contributed by atoms with Crippen LogP contribution in [0.4, 0.5) is 0 Å². The molecule has 15 heavy (non-hydrogen) atoms. The van der Waals surface area contributed by atoms with Crippen LogP contribution in [0.3, 0.4) is 0 Å². The Balaban J connectivity index is 2.66. The SMILES string of the molecule is CC(=O)Cn1nnc2c(cnn2C)c1=O. The molecule has 0 unspecified atom stereocenters. The van der Waals surface area contributed by atoms with Crippen LogP contribution in [-0.2, 0) is 18.4 Å². The number of nitrogens with zero attached hydrogens (tertiary/aromatic N) is 5. The van der Waals surface area contributed by atoms with Gasteiger partial charge in [-0.3, -0.25) is 9.59 Å². The van der Waals surface area contributed by atoms with Crippen LogP contribution in [0.25, 0.3) is 11.0 Å². The molecular formula is C8H9N5O2. The minimum absolute atomic E-state index is 0.0589. The number of carbonyl (C=O) groups is 1. The summed E-state index contributed by atoms with van der Waals surface area (Å²) in [5.74, 6) is -0.144. The third-order valence-electron chi connectivity index (χ3n) is 1.99. The molecule has 0 aliphatic rings. The van der Waals surface area contributed by atoms with Crippen LogP contribution in [0.1, 0.15) is 6.92 Å². The maximum atomic E-state index is 11.7. The fourth-order valence-corrected chi connectivity index (χ4v) is 1.29. The number of Topliss-reactive ketones (excluding diaryl/α,β-unsaturated/α-hetero) is 1. The zero-order chi connectivity index (χ0) is 11.0. The van der Waals surface area contributed by atoms with E-state index in [1.807, 2.05) is 0 Å². The van der Waals surface area contributed by atoms with Gasteiger partial charge in [-0.05, 0) is 6.92 Å². The molecule has 2 rings (SSSR count). The lowest BCUT2D eigenvalue weighted by molar-refractivity contribution is -0.117. The Morgan fingerprint density at radius 1 is 1.53 bits per heavy atom. The van der Waals surface area contributed by atoms with E-state index in [2.05, 4.69) is 15.4 Å². The third kappa shape index (κ3) is 1.51. The second-order valence-corrected chi connectivity index (χ2v) is 3.26. The van der Waals surface area contributed by atoms with Crippen molar-refractivity contribution in [2.24, 2.45) is 7.05 Å². The summed E-state index contributed by atoms with van der Waals surface area (Å²) >= 11 is 0. The zero-order valence-corrected chi connectivity index (χ0v) is 8.34. The highest BCUT2D eigenvalue weighted by Crippen LogP contribution is 2.01. The van der Waals surface area contributed by atoms with Crippen molar-refractivity contribution in [3.8, 4) is 0 Å². The predicted octanol–water partition coefficient (Wildman–Crippen LogP) is -0.886. The molecule has 7 nitrogen and oxygen atoms in total. The largest absolute Gasteiger partial charge is 0.298 e. The lowest BCUT2D eigenvalue weighted by Crippen LogP contribution is -2.26. The molecule has 2 aromatic heterocycles. The maximum Gasteiger partial charge on any atom is 0.281 e. The van der Waals surface area contributed by atoms with E-state index in [4.69, 9.17) is 0 Å². The smallest absolute Gasteiger partial charge is 0.281 e. The fraction of sp³-hybridized carbons (Fsp3) is 0.375. The molecule has 0 saturated carbocycles. The lowest BCUT2D eigenvalue weighted by atomic mass is 10.4. The van der Waals surface area contributed by atoms with Gasteiger partial charge < -0.3 is 0 Å². The quantitative estimate of drug-likeness (QED) is 0.638. The molecule has 0 radical (unpaired) electrons. The lowest BCUT2D eigenvalue weighted by Gasteiger charge is -1.99. The van der Waals surface area contributed by atoms with Gasteiger partial charge in [-0.25, -0.2) is 9.36 Å². The Morgan fingerprint density at radius 2 is 2.27 bits per heavy atom. The molecule has 0 aromatic carbocycles. The van der Waals surface area contributed by atoms with Crippen LogP contribution in [0.15, 0.2) is 11.0 Å². The van der Waals surface area contributed by atoms with Gasteiger partial charge in [0.1, 0.15) is 11.9 Å². The summed E-state index contributed by atoms with van der Waals surface area (Å²) in [7, 11) is 1.67. The van der Waals surface area contributed by atoms with Gasteiger partial charge in [0.15, 0.2) is 11.4 Å². The van der Waals surface area contributed by atoms with Gasteiger partial charge in [-0.2, -0.15) is 5.10 Å². The third-order valence-corrected chi connectivity index (χ3v) is 1.99. The normalized spacial score (nSPS) is 10.8. The van der Waals surface area contributed by atoms with Crippen molar-refractivity contribution < 1.29 is 4.79 Å². The van der Waals surface area contributed by atoms with E-state index in [-0.39, 0.29) is 17.9 Å². The van der Waals surface area contributed by atoms with Gasteiger partial charge in [0.05, 0.1) is 6.20 Å². The molecule has 0 fully saturated rings. The van der Waals surface area contributed by atoms with Gasteiger partial charge in [-0.1, -0.05) is 5.21 Å². The second kappa shape index (κ2) is 3.26. The van der Waals surface area contributed by atoms with Crippen LogP contribution < -0.4 is 5.56 Å². The molecule has 0 bridgehead atoms. The Hall–Kier alpha value is -2.05. The molecule has 0 aliphatic carbocycles. The molecule has 0 spiro atoms. The van der Waals surface area contributed by atoms with Gasteiger partial charge in [0, 0.05) is 7.05 Å². The van der Waals surface area contributed by atoms with E-state index in [1.54, 1.807) is 7.05 Å². The summed E-state index contributed by atoms with van der Waals surface area (Å²) in [5.41, 5.74) is 0.0723. The number of ketones is 1. The standard InChI is InChI=1S/C8H9N5O2/c1-5(14)4-13-8(15)6-3-9-12(2)7(6)10-11-13/h3H,4H2,1-2H3. The molecule has 0 amide bonds. The van der Waals surface area contributed by atoms with Crippen molar-refractivity contribution in [3.63, 3.8) is 0 Å². The molecule has 0 N–H and O–H groups in total. The van der Waals surface area contributed by atoms with E-state index < -0.39 is 0 Å². The first-order valence-electron chi connectivity index (χ1n) is 4.34. The molecule has 2 aromatic rings. The van der Waals surface area contributed by atoms with E-state index in [0.29, 0.717) is 11.0 Å². The van der Waals surface area contributed by atoms with Crippen molar-refractivity contribution in [3.05, 3.63) is 16.6 Å². The Labute approximate surface area is 84.3 Å². The molecule has 0 atom stereocenters. The van der Waals surface area contributed by atoms with Crippen LogP contribution in [0.5, 0.6) is 0 Å². The van der Waals surface area contributed by atoms with E-state index in [9.17, 15) is 9.59 Å². The minimum atomic E-state index is -0.344. The highest BCUT2D eigenvalue weighted by atomic mass is 16.1. The van der Waals surface area contributed by atoms with Crippen molar-refractivity contribution in [2.45, 2.75) is 13.5 Å². The van der Waals surface area contributed by atoms with Crippen molar-refractivity contribution in [1.82, 2.24) is 24.8 Å². The van der Waals surface area contributed by atoms with Crippen LogP contribution in [-0.4, -0.2) is 30.6 Å². The number of carbonyl (C=O) groups excluding carboxylic acids is 1. The summed E-state index contributed by atoms with van der Waals surface area (Å²) in [6, 6.07) is 0. The van der Waals surface area contributed by atoms with E-state index in [1.165, 1.54) is 17.8 Å². The molecule has 78 valence electrons. The highest BCUT2D eigenvalue weighted by Gasteiger charge is 2.09. The summed E-state index contributed by atoms with van der Waals surface area (Å²) in [6.07, 6.45) is 1.42. The van der Waals surface area contributed by atoms with E-state index in [0.717, 1.165) is 4.68 Å². The van der Waals surface area contributed by atoms with Gasteiger partial charge in [0.2, 0.25) is 0 Å². The Morgan fingerprint density at radius 3 is 2.93 bits per heavy atom. The number of hydrogen-bond acceptors (Lipinski definition) is 5. The summed E-state index contributed by atoms with van der Waals surface area (Å²) < 4.78 is 2.49. The van der Waals surface area contributed by atoms with Gasteiger partial charge in [0.25, 0.3) is 5.56 Å². The summed E-state index contributed by atoms with van der Waals surface area (Å²) in [4.78, 5) is 22.6. The number of aromatic nitrogens is 5. The minimum Gasteiger partial charge on any atom is -0.298 e. The molecule has 7 heteroatoms. The second-order valence-electron chi connectivity index (χ2n) is 3.26. The first-order valence-corrected chi connectivity index (χ1v) is 4.34. The van der Waals surface area contributed by atoms with Crippen molar-refractivity contribution in [1.29, 1.82) is 0 Å². The number of fused-ring (bicyclic) bond motifs is 1. The predicted molar refractivity (Wildman–Crippen MR) is 51.2 cm³/mol. The maximum absolute atomic E-state index is 11.7. The van der Waals surface area contributed by atoms with Gasteiger partial charge >= 0.3 is 0 Å². The number of aryl methyl sites for hydroxylation is 1. The van der Waals surface area contributed by atoms with E-state index >= 15 is 0 Å². The first-order chi connectivity index (χ1) is 7.09. The molecule has 0 aliphatic heterocycles. The topological polar surface area (TPSA) is 82.7 Å². The Bertz CT molecular complexity index is 582. The Kier molecular flexibility index (Phi) is 2.07. The summed E-state index contributed by atoms with van der Waals surface area (Å²) in [6.45, 7) is 1.33. The van der Waals surface area contributed by atoms with Crippen LogP contribution >= 0.6 is 0 Å². The molecule has 2 heterocycles. The summed E-state index contributed by atoms with van der Waals surface area (Å²) in [5, 5.41) is 11.7. The monoisotopic (exact) mass is 207 g/mol. The van der Waals surface area contributed by atoms with Gasteiger partial charge in [-0.15, -0.1) is 5.10 Å². The van der Waals surface area contributed by atoms with Crippen LogP contribution in [0.2, 0.25) is 0 Å². The highest BCUT2D eigenvalue weighted by molar-refractivity contribution is 5.76. The van der Waals surface area contributed by atoms with Crippen molar-refractivity contribution >= 4 is 16.8 Å². The zero-order valence-electron chi connectivity index (χ0n) is 8.34. The van der Waals surface area contributed by atoms with Crippen LogP contribution in [0, 0.1) is 0 Å².